The molecule has 2 aromatic heterocycles. The Morgan fingerprint density at radius 1 is 1.53 bits per heavy atom. The van der Waals surface area contributed by atoms with Crippen LogP contribution >= 0.6 is 0 Å². The Balaban J connectivity index is 1.74. The van der Waals surface area contributed by atoms with Gasteiger partial charge in [-0.05, 0) is 32.8 Å². The van der Waals surface area contributed by atoms with Gasteiger partial charge in [0.25, 0.3) is 0 Å². The van der Waals surface area contributed by atoms with Gasteiger partial charge in [0.2, 0.25) is 0 Å². The molecule has 2 aromatic rings. The lowest BCUT2D eigenvalue weighted by Gasteiger charge is -2.07. The van der Waals surface area contributed by atoms with E-state index >= 15 is 0 Å². The third kappa shape index (κ3) is 2.28. The van der Waals surface area contributed by atoms with Crippen molar-refractivity contribution in [2.45, 2.75) is 39.3 Å². The molecule has 0 saturated heterocycles. The monoisotopic (exact) mass is 260 g/mol. The summed E-state index contributed by atoms with van der Waals surface area (Å²) in [5.74, 6) is 0.237. The fourth-order valence-corrected chi connectivity index (χ4v) is 2.41. The van der Waals surface area contributed by atoms with Gasteiger partial charge in [-0.1, -0.05) is 5.16 Å². The van der Waals surface area contributed by atoms with E-state index < -0.39 is 0 Å². The Morgan fingerprint density at radius 2 is 2.32 bits per heavy atom. The fourth-order valence-electron chi connectivity index (χ4n) is 2.41. The van der Waals surface area contributed by atoms with Gasteiger partial charge in [-0.3, -0.25) is 0 Å². The number of carbonyl (C=O) groups is 1. The molecule has 2 heterocycles. The van der Waals surface area contributed by atoms with E-state index in [0.717, 1.165) is 11.4 Å². The number of esters is 1. The molecule has 0 aliphatic heterocycles. The van der Waals surface area contributed by atoms with Gasteiger partial charge in [0, 0.05) is 23.5 Å². The molecule has 0 atom stereocenters. The van der Waals surface area contributed by atoms with Crippen LogP contribution in [0.25, 0.3) is 0 Å². The molecule has 1 saturated carbocycles. The molecule has 100 valence electrons. The lowest BCUT2D eigenvalue weighted by atomic mass is 10.2. The van der Waals surface area contributed by atoms with Gasteiger partial charge in [-0.15, -0.1) is 0 Å². The standard InChI is InChI=1S/C14H16N2O3/c1-9-7-13(10(2)16(9)11-3-4-11)14(17)18-8-12-5-6-15-19-12/h5-7,11H,3-4,8H2,1-2H3. The van der Waals surface area contributed by atoms with Crippen LogP contribution in [0.15, 0.2) is 22.9 Å². The van der Waals surface area contributed by atoms with Crippen molar-refractivity contribution in [1.29, 1.82) is 0 Å². The highest BCUT2D eigenvalue weighted by Gasteiger charge is 2.28. The summed E-state index contributed by atoms with van der Waals surface area (Å²) in [5.41, 5.74) is 2.75. The van der Waals surface area contributed by atoms with Crippen LogP contribution in [-0.2, 0) is 11.3 Å². The first-order valence-corrected chi connectivity index (χ1v) is 6.42. The summed E-state index contributed by atoms with van der Waals surface area (Å²) < 4.78 is 12.4. The minimum absolute atomic E-state index is 0.117. The number of aromatic nitrogens is 2. The summed E-state index contributed by atoms with van der Waals surface area (Å²) in [6.45, 7) is 4.11. The molecule has 19 heavy (non-hydrogen) atoms. The number of aryl methyl sites for hydroxylation is 1. The molecule has 1 aliphatic carbocycles. The van der Waals surface area contributed by atoms with Gasteiger partial charge in [-0.2, -0.15) is 0 Å². The summed E-state index contributed by atoms with van der Waals surface area (Å²) in [4.78, 5) is 12.1. The lowest BCUT2D eigenvalue weighted by Crippen LogP contribution is -2.07. The van der Waals surface area contributed by atoms with Crippen LogP contribution in [0.1, 0.15) is 46.4 Å². The summed E-state index contributed by atoms with van der Waals surface area (Å²) in [5, 5.41) is 3.57. The van der Waals surface area contributed by atoms with Crippen LogP contribution in [-0.4, -0.2) is 15.7 Å². The minimum atomic E-state index is -0.309. The van der Waals surface area contributed by atoms with E-state index in [2.05, 4.69) is 9.72 Å². The maximum Gasteiger partial charge on any atom is 0.340 e. The van der Waals surface area contributed by atoms with Crippen molar-refractivity contribution in [2.24, 2.45) is 0 Å². The van der Waals surface area contributed by atoms with Crippen molar-refractivity contribution >= 4 is 5.97 Å². The van der Waals surface area contributed by atoms with Crippen LogP contribution in [0.5, 0.6) is 0 Å². The summed E-state index contributed by atoms with van der Waals surface area (Å²) >= 11 is 0. The van der Waals surface area contributed by atoms with Gasteiger partial charge in [0.15, 0.2) is 12.4 Å². The van der Waals surface area contributed by atoms with Crippen LogP contribution < -0.4 is 0 Å². The summed E-state index contributed by atoms with van der Waals surface area (Å²) in [6.07, 6.45) is 3.92. The first-order chi connectivity index (χ1) is 9.16. The second-order valence-electron chi connectivity index (χ2n) is 4.94. The number of nitrogens with zero attached hydrogens (tertiary/aromatic N) is 2. The predicted octanol–water partition coefficient (Wildman–Crippen LogP) is 2.78. The number of hydrogen-bond acceptors (Lipinski definition) is 4. The highest BCUT2D eigenvalue weighted by Crippen LogP contribution is 2.38. The lowest BCUT2D eigenvalue weighted by molar-refractivity contribution is 0.0436. The van der Waals surface area contributed by atoms with E-state index in [1.807, 2.05) is 19.9 Å². The Bertz CT molecular complexity index is 594. The minimum Gasteiger partial charge on any atom is -0.454 e. The van der Waals surface area contributed by atoms with Gasteiger partial charge in [0.05, 0.1) is 11.8 Å². The summed E-state index contributed by atoms with van der Waals surface area (Å²) in [6, 6.07) is 4.15. The predicted molar refractivity (Wildman–Crippen MR) is 67.8 cm³/mol. The molecule has 0 unspecified atom stereocenters. The molecule has 0 N–H and O–H groups in total. The highest BCUT2D eigenvalue weighted by molar-refractivity contribution is 5.91. The van der Waals surface area contributed by atoms with Gasteiger partial charge in [-0.25, -0.2) is 4.79 Å². The summed E-state index contributed by atoms with van der Waals surface area (Å²) in [7, 11) is 0. The number of hydrogen-bond donors (Lipinski definition) is 0. The number of ether oxygens (including phenoxy) is 1. The first-order valence-electron chi connectivity index (χ1n) is 6.42. The number of rotatable bonds is 4. The Morgan fingerprint density at radius 3 is 2.95 bits per heavy atom. The topological polar surface area (TPSA) is 57.3 Å². The van der Waals surface area contributed by atoms with E-state index in [1.54, 1.807) is 6.07 Å². The maximum absolute atomic E-state index is 12.1. The molecule has 0 spiro atoms. The molecule has 5 nitrogen and oxygen atoms in total. The van der Waals surface area contributed by atoms with Crippen LogP contribution in [0.3, 0.4) is 0 Å². The molecular weight excluding hydrogens is 244 g/mol. The molecular formula is C14H16N2O3. The SMILES string of the molecule is Cc1cc(C(=O)OCc2ccno2)c(C)n1C1CC1. The van der Waals surface area contributed by atoms with E-state index in [9.17, 15) is 4.79 Å². The van der Waals surface area contributed by atoms with Crippen molar-refractivity contribution in [3.8, 4) is 0 Å². The zero-order valence-corrected chi connectivity index (χ0v) is 11.0. The average molecular weight is 260 g/mol. The average Bonchev–Trinajstić information content (AvgIpc) is 2.98. The van der Waals surface area contributed by atoms with E-state index in [1.165, 1.54) is 19.0 Å². The molecule has 0 amide bonds. The Hall–Kier alpha value is -2.04. The van der Waals surface area contributed by atoms with Gasteiger partial charge in [0.1, 0.15) is 0 Å². The second kappa shape index (κ2) is 4.57. The fraction of sp³-hybridized carbons (Fsp3) is 0.429. The normalized spacial score (nSPS) is 14.6. The molecule has 0 bridgehead atoms. The quantitative estimate of drug-likeness (QED) is 0.793. The Kier molecular flexibility index (Phi) is 2.89. The van der Waals surface area contributed by atoms with Gasteiger partial charge >= 0.3 is 5.97 Å². The van der Waals surface area contributed by atoms with Crippen LogP contribution in [0, 0.1) is 13.8 Å². The zero-order chi connectivity index (χ0) is 13.4. The Labute approximate surface area is 111 Å². The highest BCUT2D eigenvalue weighted by atomic mass is 16.5. The van der Waals surface area contributed by atoms with Crippen molar-refractivity contribution in [3.05, 3.63) is 41.0 Å². The third-order valence-electron chi connectivity index (χ3n) is 3.45. The molecule has 0 aromatic carbocycles. The first kappa shape index (κ1) is 12.0. The van der Waals surface area contributed by atoms with Crippen molar-refractivity contribution in [2.75, 3.05) is 0 Å². The maximum atomic E-state index is 12.1. The molecule has 1 fully saturated rings. The van der Waals surface area contributed by atoms with Crippen molar-refractivity contribution < 1.29 is 14.1 Å². The molecule has 1 aliphatic rings. The largest absolute Gasteiger partial charge is 0.454 e. The number of carbonyl (C=O) groups excluding carboxylic acids is 1. The second-order valence-corrected chi connectivity index (χ2v) is 4.94. The van der Waals surface area contributed by atoms with Crippen molar-refractivity contribution in [1.82, 2.24) is 9.72 Å². The van der Waals surface area contributed by atoms with Gasteiger partial charge < -0.3 is 13.8 Å². The van der Waals surface area contributed by atoms with E-state index in [-0.39, 0.29) is 12.6 Å². The smallest absolute Gasteiger partial charge is 0.340 e. The van der Waals surface area contributed by atoms with E-state index in [0.29, 0.717) is 17.4 Å². The van der Waals surface area contributed by atoms with Crippen LogP contribution in [0.4, 0.5) is 0 Å². The van der Waals surface area contributed by atoms with E-state index in [4.69, 9.17) is 9.26 Å². The third-order valence-corrected chi connectivity index (χ3v) is 3.45. The van der Waals surface area contributed by atoms with Crippen LogP contribution in [0.2, 0.25) is 0 Å². The molecule has 0 radical (unpaired) electrons. The molecule has 5 heteroatoms. The molecule has 3 rings (SSSR count). The zero-order valence-electron chi connectivity index (χ0n) is 11.0. The van der Waals surface area contributed by atoms with Crippen molar-refractivity contribution in [3.63, 3.8) is 0 Å².